The molecule has 2 N–H and O–H groups in total. The Labute approximate surface area is 188 Å². The van der Waals surface area contributed by atoms with E-state index in [4.69, 9.17) is 18.3 Å². The van der Waals surface area contributed by atoms with Crippen LogP contribution in [0, 0.1) is 6.92 Å². The van der Waals surface area contributed by atoms with E-state index in [-0.39, 0.29) is 39.4 Å². The SMILES string of the molecule is Cc1c2c(c3oc4oc5c6c(c(O)cc5c4c(=O)c3c1O)OC(C)(C)C=C6)C=CC(C)(C)O2. The zero-order valence-corrected chi connectivity index (χ0v) is 18.8. The van der Waals surface area contributed by atoms with Gasteiger partial charge in [-0.25, -0.2) is 0 Å². The van der Waals surface area contributed by atoms with Gasteiger partial charge >= 0.3 is 5.78 Å². The molecule has 0 fully saturated rings. The number of furan rings is 1. The maximum atomic E-state index is 13.7. The minimum atomic E-state index is -0.602. The number of hydrogen-bond acceptors (Lipinski definition) is 7. The lowest BCUT2D eigenvalue weighted by Crippen LogP contribution is -2.28. The van der Waals surface area contributed by atoms with Crippen molar-refractivity contribution < 1.29 is 28.5 Å². The van der Waals surface area contributed by atoms with Gasteiger partial charge in [0.15, 0.2) is 22.7 Å². The Bertz CT molecular complexity index is 1660. The highest BCUT2D eigenvalue weighted by atomic mass is 16.5. The van der Waals surface area contributed by atoms with Gasteiger partial charge in [0, 0.05) is 10.9 Å². The summed E-state index contributed by atoms with van der Waals surface area (Å²) in [6, 6.07) is 1.44. The van der Waals surface area contributed by atoms with Crippen LogP contribution in [0.1, 0.15) is 44.4 Å². The highest BCUT2D eigenvalue weighted by Gasteiger charge is 2.32. The van der Waals surface area contributed by atoms with Crippen LogP contribution in [-0.2, 0) is 0 Å². The molecular formula is C26H22O7. The molecule has 7 nitrogen and oxygen atoms in total. The molecule has 0 atom stereocenters. The molecule has 168 valence electrons. The van der Waals surface area contributed by atoms with E-state index in [9.17, 15) is 15.0 Å². The molecule has 0 aliphatic carbocycles. The van der Waals surface area contributed by atoms with E-state index >= 15 is 0 Å². The van der Waals surface area contributed by atoms with E-state index in [2.05, 4.69) is 0 Å². The predicted octanol–water partition coefficient (Wildman–Crippen LogP) is 5.78. The summed E-state index contributed by atoms with van der Waals surface area (Å²) in [6.45, 7) is 9.25. The quantitative estimate of drug-likeness (QED) is 0.353. The summed E-state index contributed by atoms with van der Waals surface area (Å²) < 4.78 is 24.1. The first-order valence-corrected chi connectivity index (χ1v) is 10.7. The van der Waals surface area contributed by atoms with Crippen LogP contribution in [0.4, 0.5) is 0 Å². The van der Waals surface area contributed by atoms with Crippen molar-refractivity contribution in [1.82, 2.24) is 0 Å². The van der Waals surface area contributed by atoms with Gasteiger partial charge in [-0.3, -0.25) is 4.79 Å². The Morgan fingerprint density at radius 1 is 0.818 bits per heavy atom. The Balaban J connectivity index is 1.76. The van der Waals surface area contributed by atoms with Crippen molar-refractivity contribution in [2.24, 2.45) is 0 Å². The molecule has 0 saturated carbocycles. The van der Waals surface area contributed by atoms with E-state index in [1.165, 1.54) is 6.07 Å². The average Bonchev–Trinajstić information content (AvgIpc) is 3.09. The molecule has 0 radical (unpaired) electrons. The van der Waals surface area contributed by atoms with E-state index in [0.29, 0.717) is 33.4 Å². The molecule has 4 heterocycles. The molecule has 7 heteroatoms. The second-order valence-corrected chi connectivity index (χ2v) is 9.71. The average molecular weight is 446 g/mol. The normalized spacial score (nSPS) is 17.7. The topological polar surface area (TPSA) is 102 Å². The van der Waals surface area contributed by atoms with Crippen molar-refractivity contribution in [1.29, 1.82) is 0 Å². The third-order valence-corrected chi connectivity index (χ3v) is 6.25. The zero-order chi connectivity index (χ0) is 23.4. The first-order chi connectivity index (χ1) is 15.5. The predicted molar refractivity (Wildman–Crippen MR) is 125 cm³/mol. The van der Waals surface area contributed by atoms with E-state index in [1.54, 1.807) is 13.0 Å². The van der Waals surface area contributed by atoms with Crippen molar-refractivity contribution in [3.05, 3.63) is 45.1 Å². The minimum absolute atomic E-state index is 0.00257. The minimum Gasteiger partial charge on any atom is -0.507 e. The largest absolute Gasteiger partial charge is 0.507 e. The van der Waals surface area contributed by atoms with Gasteiger partial charge in [-0.05, 0) is 65.0 Å². The standard InChI is InChI=1S/C26H22O7/c1-11-18(28)17-19(29)16-14-10-15(27)22-13(7-9-26(4,5)33-22)21(14)30-24(16)31-23(17)12-6-8-25(2,3)32-20(11)12/h6-10,27-28H,1-5H3. The molecule has 0 amide bonds. The first-order valence-electron chi connectivity index (χ1n) is 10.7. The summed E-state index contributed by atoms with van der Waals surface area (Å²) >= 11 is 0. The van der Waals surface area contributed by atoms with Crippen molar-refractivity contribution in [3.8, 4) is 23.0 Å². The Kier molecular flexibility index (Phi) is 3.55. The third kappa shape index (κ3) is 2.59. The van der Waals surface area contributed by atoms with E-state index in [0.717, 1.165) is 0 Å². The molecule has 0 saturated heterocycles. The molecular weight excluding hydrogens is 424 g/mol. The molecule has 0 unspecified atom stereocenters. The lowest BCUT2D eigenvalue weighted by molar-refractivity contribution is 0.153. The lowest BCUT2D eigenvalue weighted by atomic mass is 9.96. The molecule has 4 aromatic rings. The summed E-state index contributed by atoms with van der Waals surface area (Å²) in [5, 5.41) is 22.2. The fourth-order valence-corrected chi connectivity index (χ4v) is 4.57. The van der Waals surface area contributed by atoms with Crippen molar-refractivity contribution in [3.63, 3.8) is 0 Å². The second-order valence-electron chi connectivity index (χ2n) is 9.71. The Morgan fingerprint density at radius 2 is 1.39 bits per heavy atom. The molecule has 0 spiro atoms. The van der Waals surface area contributed by atoms with Crippen molar-refractivity contribution in [2.45, 2.75) is 45.8 Å². The van der Waals surface area contributed by atoms with Gasteiger partial charge < -0.3 is 28.5 Å². The molecule has 2 aromatic heterocycles. The summed E-state index contributed by atoms with van der Waals surface area (Å²) in [6.07, 6.45) is 7.35. The summed E-state index contributed by atoms with van der Waals surface area (Å²) in [5.41, 5.74) is 0.454. The summed E-state index contributed by atoms with van der Waals surface area (Å²) in [4.78, 5) is 13.7. The highest BCUT2D eigenvalue weighted by Crippen LogP contribution is 2.48. The first kappa shape index (κ1) is 19.8. The number of rotatable bonds is 0. The third-order valence-electron chi connectivity index (χ3n) is 6.25. The summed E-state index contributed by atoms with van der Waals surface area (Å²) in [5.74, 6) is 0.422. The number of hydrogen-bond donors (Lipinski definition) is 2. The smallest absolute Gasteiger partial charge is 0.302 e. The van der Waals surface area contributed by atoms with Crippen molar-refractivity contribution in [2.75, 3.05) is 0 Å². The van der Waals surface area contributed by atoms with Gasteiger partial charge in [0.25, 0.3) is 0 Å². The van der Waals surface area contributed by atoms with Crippen LogP contribution in [0.5, 0.6) is 23.0 Å². The van der Waals surface area contributed by atoms with E-state index in [1.807, 2.05) is 45.9 Å². The zero-order valence-electron chi connectivity index (χ0n) is 18.8. The molecule has 33 heavy (non-hydrogen) atoms. The maximum Gasteiger partial charge on any atom is 0.302 e. The second kappa shape index (κ2) is 5.92. The van der Waals surface area contributed by atoms with E-state index < -0.39 is 16.6 Å². The number of phenolic OH excluding ortho intramolecular Hbond substituents is 2. The van der Waals surface area contributed by atoms with Crippen LogP contribution < -0.4 is 14.9 Å². The lowest BCUT2D eigenvalue weighted by Gasteiger charge is -2.29. The number of phenols is 2. The number of fused-ring (bicyclic) bond motifs is 8. The van der Waals surface area contributed by atoms with Gasteiger partial charge in [0.05, 0.1) is 11.1 Å². The number of ether oxygens (including phenoxy) is 2. The number of benzene rings is 2. The Morgan fingerprint density at radius 3 is 2.06 bits per heavy atom. The molecule has 2 aliphatic rings. The fraction of sp³-hybridized carbons (Fsp3) is 0.269. The van der Waals surface area contributed by atoms with Crippen LogP contribution in [0.25, 0.3) is 45.3 Å². The van der Waals surface area contributed by atoms with Crippen LogP contribution in [-0.4, -0.2) is 21.4 Å². The van der Waals surface area contributed by atoms with Crippen molar-refractivity contribution >= 4 is 45.3 Å². The van der Waals surface area contributed by atoms with Crippen LogP contribution in [0.2, 0.25) is 0 Å². The van der Waals surface area contributed by atoms with Gasteiger partial charge in [0.1, 0.15) is 33.5 Å². The number of aromatic hydroxyl groups is 2. The van der Waals surface area contributed by atoms with Gasteiger partial charge in [0.2, 0.25) is 5.43 Å². The van der Waals surface area contributed by atoms with Gasteiger partial charge in [-0.1, -0.05) is 0 Å². The highest BCUT2D eigenvalue weighted by molar-refractivity contribution is 6.11. The Hall–Kier alpha value is -3.87. The molecule has 6 rings (SSSR count). The molecule has 2 aromatic carbocycles. The monoisotopic (exact) mass is 446 g/mol. The van der Waals surface area contributed by atoms with Gasteiger partial charge in [-0.2, -0.15) is 0 Å². The maximum absolute atomic E-state index is 13.7. The summed E-state index contributed by atoms with van der Waals surface area (Å²) in [7, 11) is 0. The molecule has 0 bridgehead atoms. The fourth-order valence-electron chi connectivity index (χ4n) is 4.57. The van der Waals surface area contributed by atoms with Crippen LogP contribution in [0.3, 0.4) is 0 Å². The van der Waals surface area contributed by atoms with Crippen LogP contribution >= 0.6 is 0 Å². The van der Waals surface area contributed by atoms with Gasteiger partial charge in [-0.15, -0.1) is 0 Å². The molecule has 2 aliphatic heterocycles. The van der Waals surface area contributed by atoms with Crippen LogP contribution in [0.15, 0.2) is 31.8 Å².